The number of ether oxygens (including phenoxy) is 1. The van der Waals surface area contributed by atoms with Crippen molar-refractivity contribution >= 4 is 21.9 Å². The highest BCUT2D eigenvalue weighted by Crippen LogP contribution is 2.27. The van der Waals surface area contributed by atoms with Gasteiger partial charge in [-0.25, -0.2) is 8.42 Å². The smallest absolute Gasteiger partial charge is 0.307 e. The van der Waals surface area contributed by atoms with Crippen molar-refractivity contribution in [3.8, 4) is 0 Å². The van der Waals surface area contributed by atoms with E-state index in [1.54, 1.807) is 12.1 Å². The van der Waals surface area contributed by atoms with Crippen LogP contribution in [0.5, 0.6) is 0 Å². The zero-order valence-corrected chi connectivity index (χ0v) is 19.5. The van der Waals surface area contributed by atoms with Crippen LogP contribution in [-0.4, -0.2) is 44.8 Å². The number of nitrogens with one attached hydrogen (secondary N) is 1. The number of hydrogen-bond acceptors (Lipinski definition) is 5. The summed E-state index contributed by atoms with van der Waals surface area (Å²) >= 11 is 0. The van der Waals surface area contributed by atoms with Gasteiger partial charge in [0.1, 0.15) is 0 Å². The van der Waals surface area contributed by atoms with Crippen molar-refractivity contribution < 1.29 is 22.7 Å². The zero-order chi connectivity index (χ0) is 23.3. The third kappa shape index (κ3) is 5.75. The van der Waals surface area contributed by atoms with Crippen LogP contribution in [0.1, 0.15) is 48.7 Å². The molecule has 0 saturated carbocycles. The Morgan fingerprint density at radius 1 is 1.06 bits per heavy atom. The molecule has 1 aliphatic heterocycles. The number of carbonyl (C=O) groups is 2. The minimum absolute atomic E-state index is 0.0339. The van der Waals surface area contributed by atoms with E-state index in [1.165, 1.54) is 23.5 Å². The first kappa shape index (κ1) is 23.9. The molecule has 32 heavy (non-hydrogen) atoms. The molecule has 7 nitrogen and oxygen atoms in total. The molecule has 1 saturated heterocycles. The van der Waals surface area contributed by atoms with Crippen LogP contribution in [-0.2, 0) is 19.6 Å². The monoisotopic (exact) mass is 458 g/mol. The second-order valence-corrected chi connectivity index (χ2v) is 10.5. The largest absolute Gasteiger partial charge is 0.469 e. The maximum absolute atomic E-state index is 13.2. The summed E-state index contributed by atoms with van der Waals surface area (Å²) in [7, 11) is -2.41. The SMILES string of the molecule is COC(=O)C[C@@H](NC(=O)c1cccc(S(=O)(=O)N2C[C@H](C)C[C@H](C)C2)c1)c1ccccc1. The third-order valence-corrected chi connectivity index (χ3v) is 7.50. The summed E-state index contributed by atoms with van der Waals surface area (Å²) in [5, 5.41) is 2.84. The molecule has 1 fully saturated rings. The molecular formula is C24H30N2O5S. The number of carbonyl (C=O) groups excluding carboxylic acids is 2. The van der Waals surface area contributed by atoms with Crippen molar-refractivity contribution in [1.82, 2.24) is 9.62 Å². The Hall–Kier alpha value is -2.71. The molecule has 0 aromatic heterocycles. The van der Waals surface area contributed by atoms with E-state index in [0.29, 0.717) is 13.1 Å². The molecule has 3 atom stereocenters. The second kappa shape index (κ2) is 10.3. The fourth-order valence-corrected chi connectivity index (χ4v) is 5.90. The minimum Gasteiger partial charge on any atom is -0.469 e. The van der Waals surface area contributed by atoms with E-state index < -0.39 is 27.9 Å². The average molecular weight is 459 g/mol. The molecule has 0 radical (unpaired) electrons. The van der Waals surface area contributed by atoms with Crippen LogP contribution in [0, 0.1) is 11.8 Å². The van der Waals surface area contributed by atoms with Crippen molar-refractivity contribution in [3.05, 3.63) is 65.7 Å². The molecular weight excluding hydrogens is 428 g/mol. The van der Waals surface area contributed by atoms with Gasteiger partial charge in [0, 0.05) is 18.7 Å². The Labute approximate surface area is 189 Å². The molecule has 1 aliphatic rings. The lowest BCUT2D eigenvalue weighted by atomic mass is 9.94. The summed E-state index contributed by atoms with van der Waals surface area (Å²) in [4.78, 5) is 24.9. The average Bonchev–Trinajstić information content (AvgIpc) is 2.78. The Balaban J connectivity index is 1.83. The normalized spacial score (nSPS) is 20.3. The molecule has 0 unspecified atom stereocenters. The van der Waals surface area contributed by atoms with Gasteiger partial charge in [-0.05, 0) is 42.0 Å². The Kier molecular flexibility index (Phi) is 7.69. The van der Waals surface area contributed by atoms with E-state index >= 15 is 0 Å². The predicted molar refractivity (Wildman–Crippen MR) is 121 cm³/mol. The van der Waals surface area contributed by atoms with Gasteiger partial charge in [-0.1, -0.05) is 50.2 Å². The highest BCUT2D eigenvalue weighted by molar-refractivity contribution is 7.89. The van der Waals surface area contributed by atoms with Crippen LogP contribution in [0.3, 0.4) is 0 Å². The fourth-order valence-electron chi connectivity index (χ4n) is 4.18. The molecule has 0 aliphatic carbocycles. The molecule has 2 aromatic rings. The number of benzene rings is 2. The number of piperidine rings is 1. The van der Waals surface area contributed by atoms with Gasteiger partial charge in [0.15, 0.2) is 0 Å². The summed E-state index contributed by atoms with van der Waals surface area (Å²) < 4.78 is 32.7. The lowest BCUT2D eigenvalue weighted by Crippen LogP contribution is -2.42. The number of nitrogens with zero attached hydrogens (tertiary/aromatic N) is 1. The van der Waals surface area contributed by atoms with Gasteiger partial charge in [-0.3, -0.25) is 9.59 Å². The minimum atomic E-state index is -3.71. The highest BCUT2D eigenvalue weighted by Gasteiger charge is 2.32. The van der Waals surface area contributed by atoms with E-state index in [-0.39, 0.29) is 28.7 Å². The Morgan fingerprint density at radius 2 is 1.72 bits per heavy atom. The van der Waals surface area contributed by atoms with Crippen molar-refractivity contribution in [3.63, 3.8) is 0 Å². The van der Waals surface area contributed by atoms with Gasteiger partial charge in [-0.2, -0.15) is 4.31 Å². The summed E-state index contributed by atoms with van der Waals surface area (Å²) in [6, 6.07) is 14.6. The predicted octanol–water partition coefficient (Wildman–Crippen LogP) is 3.39. The van der Waals surface area contributed by atoms with Gasteiger partial charge in [0.2, 0.25) is 10.0 Å². The van der Waals surface area contributed by atoms with Gasteiger partial charge < -0.3 is 10.1 Å². The molecule has 0 bridgehead atoms. The van der Waals surface area contributed by atoms with Crippen LogP contribution in [0.4, 0.5) is 0 Å². The second-order valence-electron chi connectivity index (χ2n) is 8.51. The first-order chi connectivity index (χ1) is 15.2. The zero-order valence-electron chi connectivity index (χ0n) is 18.7. The van der Waals surface area contributed by atoms with Crippen LogP contribution in [0.25, 0.3) is 0 Å². The summed E-state index contributed by atoms with van der Waals surface area (Å²) in [6.45, 7) is 5.04. The van der Waals surface area contributed by atoms with Crippen molar-refractivity contribution in [2.24, 2.45) is 11.8 Å². The van der Waals surface area contributed by atoms with E-state index in [0.717, 1.165) is 12.0 Å². The number of amides is 1. The molecule has 2 aromatic carbocycles. The van der Waals surface area contributed by atoms with Crippen molar-refractivity contribution in [1.29, 1.82) is 0 Å². The standard InChI is InChI=1S/C24H30N2O5S/c1-17-12-18(2)16-26(15-17)32(29,30)21-11-7-10-20(13-21)24(28)25-22(14-23(27)31-3)19-8-5-4-6-9-19/h4-11,13,17-18,22H,12,14-16H2,1-3H3,(H,25,28)/t17-,18+,22-/m1/s1. The fraction of sp³-hybridized carbons (Fsp3) is 0.417. The molecule has 1 N–H and O–H groups in total. The number of hydrogen-bond donors (Lipinski definition) is 1. The highest BCUT2D eigenvalue weighted by atomic mass is 32.2. The summed E-state index contributed by atoms with van der Waals surface area (Å²) in [6.07, 6.45) is 0.962. The van der Waals surface area contributed by atoms with Crippen LogP contribution < -0.4 is 5.32 Å². The molecule has 8 heteroatoms. The first-order valence-electron chi connectivity index (χ1n) is 10.7. The van der Waals surface area contributed by atoms with Gasteiger partial charge in [0.05, 0.1) is 24.5 Å². The van der Waals surface area contributed by atoms with Gasteiger partial charge >= 0.3 is 5.97 Å². The maximum Gasteiger partial charge on any atom is 0.307 e. The lowest BCUT2D eigenvalue weighted by Gasteiger charge is -2.34. The third-order valence-electron chi connectivity index (χ3n) is 5.68. The summed E-state index contributed by atoms with van der Waals surface area (Å²) in [5.74, 6) is -0.348. The summed E-state index contributed by atoms with van der Waals surface area (Å²) in [5.41, 5.74) is 0.973. The number of esters is 1. The van der Waals surface area contributed by atoms with Crippen LogP contribution in [0.2, 0.25) is 0 Å². The van der Waals surface area contributed by atoms with Gasteiger partial charge in [-0.15, -0.1) is 0 Å². The molecule has 1 heterocycles. The van der Waals surface area contributed by atoms with E-state index in [4.69, 9.17) is 4.74 Å². The number of methoxy groups -OCH3 is 1. The molecule has 172 valence electrons. The molecule has 3 rings (SSSR count). The Bertz CT molecular complexity index is 1050. The maximum atomic E-state index is 13.2. The number of sulfonamides is 1. The molecule has 0 spiro atoms. The van der Waals surface area contributed by atoms with E-state index in [9.17, 15) is 18.0 Å². The molecule has 1 amide bonds. The topological polar surface area (TPSA) is 92.8 Å². The Morgan fingerprint density at radius 3 is 2.34 bits per heavy atom. The number of rotatable bonds is 7. The van der Waals surface area contributed by atoms with Crippen molar-refractivity contribution in [2.75, 3.05) is 20.2 Å². The first-order valence-corrected chi connectivity index (χ1v) is 12.2. The quantitative estimate of drug-likeness (QED) is 0.642. The van der Waals surface area contributed by atoms with Crippen molar-refractivity contribution in [2.45, 2.75) is 37.6 Å². The van der Waals surface area contributed by atoms with Gasteiger partial charge in [0.25, 0.3) is 5.91 Å². The van der Waals surface area contributed by atoms with Crippen LogP contribution >= 0.6 is 0 Å². The van der Waals surface area contributed by atoms with E-state index in [1.807, 2.05) is 44.2 Å². The van der Waals surface area contributed by atoms with E-state index in [2.05, 4.69) is 5.32 Å². The lowest BCUT2D eigenvalue weighted by molar-refractivity contribution is -0.141. The van der Waals surface area contributed by atoms with Crippen LogP contribution in [0.15, 0.2) is 59.5 Å².